The summed E-state index contributed by atoms with van der Waals surface area (Å²) < 4.78 is 11.2. The van der Waals surface area contributed by atoms with Gasteiger partial charge in [0.1, 0.15) is 36.2 Å². The van der Waals surface area contributed by atoms with Crippen LogP contribution in [0, 0.1) is 11.3 Å². The summed E-state index contributed by atoms with van der Waals surface area (Å²) in [5.74, 6) is 0.367. The topological polar surface area (TPSA) is 129 Å². The van der Waals surface area contributed by atoms with Crippen molar-refractivity contribution in [1.29, 1.82) is 5.26 Å². The van der Waals surface area contributed by atoms with Crippen LogP contribution in [0.5, 0.6) is 5.75 Å². The molecule has 160 valence electrons. The largest absolute Gasteiger partial charge is 0.495 e. The van der Waals surface area contributed by atoms with E-state index in [1.165, 1.54) is 12.7 Å². The Bertz CT molecular complexity index is 907. The Kier molecular flexibility index (Phi) is 7.08. The molecule has 0 amide bonds. The number of methoxy groups -OCH3 is 1. The molecule has 30 heavy (non-hydrogen) atoms. The number of benzene rings is 2. The van der Waals surface area contributed by atoms with E-state index in [9.17, 15) is 20.6 Å². The van der Waals surface area contributed by atoms with Gasteiger partial charge >= 0.3 is 0 Å². The van der Waals surface area contributed by atoms with Crippen LogP contribution in [0.3, 0.4) is 0 Å². The number of nitrogens with zero attached hydrogens (tertiary/aromatic N) is 1. The van der Waals surface area contributed by atoms with E-state index in [-0.39, 0.29) is 0 Å². The van der Waals surface area contributed by atoms with E-state index < -0.39 is 37.1 Å². The van der Waals surface area contributed by atoms with E-state index in [1.54, 1.807) is 12.1 Å². The highest BCUT2D eigenvalue weighted by atomic mass is 16.5. The molecule has 0 spiro atoms. The summed E-state index contributed by atoms with van der Waals surface area (Å²) in [7, 11) is 1.48. The summed E-state index contributed by atoms with van der Waals surface area (Å²) in [5, 5.41) is 39.9. The number of rotatable bonds is 6. The van der Waals surface area contributed by atoms with Gasteiger partial charge in [-0.05, 0) is 41.2 Å². The Labute approximate surface area is 176 Å². The SMILES string of the molecule is CCc1ccc(Cc2cc(C3OC(CO)C(O)C(N)C3O)cc(OC)c2C#N)cc1. The van der Waals surface area contributed by atoms with Crippen molar-refractivity contribution >= 4 is 0 Å². The summed E-state index contributed by atoms with van der Waals surface area (Å²) >= 11 is 0. The maximum absolute atomic E-state index is 10.6. The Morgan fingerprint density at radius 2 is 1.80 bits per heavy atom. The van der Waals surface area contributed by atoms with E-state index >= 15 is 0 Å². The third-order valence-corrected chi connectivity index (χ3v) is 5.67. The molecule has 1 aliphatic heterocycles. The fourth-order valence-corrected chi connectivity index (χ4v) is 3.83. The smallest absolute Gasteiger partial charge is 0.137 e. The molecule has 7 nitrogen and oxygen atoms in total. The molecular weight excluding hydrogens is 384 g/mol. The molecule has 0 radical (unpaired) electrons. The molecule has 0 saturated carbocycles. The molecule has 0 bridgehead atoms. The van der Waals surface area contributed by atoms with Crippen LogP contribution in [0.4, 0.5) is 0 Å². The van der Waals surface area contributed by atoms with Crippen LogP contribution < -0.4 is 10.5 Å². The van der Waals surface area contributed by atoms with Crippen LogP contribution in [0.25, 0.3) is 0 Å². The molecule has 5 N–H and O–H groups in total. The normalized spacial score (nSPS) is 26.2. The van der Waals surface area contributed by atoms with E-state index in [4.69, 9.17) is 15.2 Å². The molecule has 3 rings (SSSR count). The first-order valence-electron chi connectivity index (χ1n) is 10.00. The number of aliphatic hydroxyl groups is 3. The second-order valence-electron chi connectivity index (χ2n) is 7.55. The van der Waals surface area contributed by atoms with Crippen LogP contribution in [-0.2, 0) is 17.6 Å². The number of hydrogen-bond donors (Lipinski definition) is 4. The Hall–Kier alpha value is -2.47. The zero-order valence-electron chi connectivity index (χ0n) is 17.2. The Balaban J connectivity index is 2.01. The highest BCUT2D eigenvalue weighted by Crippen LogP contribution is 2.36. The van der Waals surface area contributed by atoms with Crippen molar-refractivity contribution in [2.24, 2.45) is 5.73 Å². The predicted molar refractivity (Wildman–Crippen MR) is 111 cm³/mol. The number of nitriles is 1. The lowest BCUT2D eigenvalue weighted by atomic mass is 9.87. The van der Waals surface area contributed by atoms with Gasteiger partial charge in [0.25, 0.3) is 0 Å². The van der Waals surface area contributed by atoms with E-state index in [1.807, 2.05) is 12.1 Å². The lowest BCUT2D eigenvalue weighted by Crippen LogP contribution is -2.59. The molecular formula is C23H28N2O5. The van der Waals surface area contributed by atoms with Crippen molar-refractivity contribution in [2.45, 2.75) is 50.2 Å². The average Bonchev–Trinajstić information content (AvgIpc) is 2.77. The maximum atomic E-state index is 10.6. The zero-order chi connectivity index (χ0) is 21.8. The van der Waals surface area contributed by atoms with Gasteiger partial charge in [0, 0.05) is 0 Å². The van der Waals surface area contributed by atoms with Gasteiger partial charge in [-0.1, -0.05) is 37.3 Å². The minimum atomic E-state index is -1.18. The van der Waals surface area contributed by atoms with Gasteiger partial charge < -0.3 is 30.5 Å². The Morgan fingerprint density at radius 3 is 2.37 bits per heavy atom. The quantitative estimate of drug-likeness (QED) is 0.561. The van der Waals surface area contributed by atoms with Gasteiger partial charge in [-0.15, -0.1) is 0 Å². The van der Waals surface area contributed by atoms with Crippen LogP contribution in [0.1, 0.15) is 40.8 Å². The number of aliphatic hydroxyl groups excluding tert-OH is 3. The highest BCUT2D eigenvalue weighted by Gasteiger charge is 2.43. The van der Waals surface area contributed by atoms with Crippen molar-refractivity contribution in [3.05, 3.63) is 64.2 Å². The molecule has 5 atom stereocenters. The van der Waals surface area contributed by atoms with Crippen molar-refractivity contribution in [3.8, 4) is 11.8 Å². The number of hydrogen-bond acceptors (Lipinski definition) is 7. The molecule has 1 heterocycles. The van der Waals surface area contributed by atoms with Gasteiger partial charge in [-0.25, -0.2) is 0 Å². The number of aryl methyl sites for hydroxylation is 1. The number of nitrogens with two attached hydrogens (primary N) is 1. The summed E-state index contributed by atoms with van der Waals surface area (Å²) in [5.41, 5.74) is 9.93. The summed E-state index contributed by atoms with van der Waals surface area (Å²) in [6, 6.07) is 12.8. The van der Waals surface area contributed by atoms with Crippen LogP contribution >= 0.6 is 0 Å². The fraction of sp³-hybridized carbons (Fsp3) is 0.435. The monoisotopic (exact) mass is 412 g/mol. The lowest BCUT2D eigenvalue weighted by Gasteiger charge is -2.41. The van der Waals surface area contributed by atoms with Crippen LogP contribution in [0.2, 0.25) is 0 Å². The average molecular weight is 412 g/mol. The lowest BCUT2D eigenvalue weighted by molar-refractivity contribution is -0.191. The predicted octanol–water partition coefficient (Wildman–Crippen LogP) is 1.20. The van der Waals surface area contributed by atoms with Crippen LogP contribution in [-0.4, -0.2) is 53.4 Å². The van der Waals surface area contributed by atoms with Crippen molar-refractivity contribution in [2.75, 3.05) is 13.7 Å². The van der Waals surface area contributed by atoms with E-state index in [0.29, 0.717) is 23.3 Å². The van der Waals surface area contributed by atoms with Gasteiger partial charge in [0.05, 0.1) is 25.3 Å². The molecule has 1 fully saturated rings. The third kappa shape index (κ3) is 4.33. The minimum Gasteiger partial charge on any atom is -0.495 e. The highest BCUT2D eigenvalue weighted by molar-refractivity contribution is 5.53. The summed E-state index contributed by atoms with van der Waals surface area (Å²) in [4.78, 5) is 0. The van der Waals surface area contributed by atoms with Crippen molar-refractivity contribution in [3.63, 3.8) is 0 Å². The standard InChI is InChI=1S/C23H28N2O5/c1-3-13-4-6-14(7-5-13)8-15-9-16(10-18(29-2)17(15)11-24)23-22(28)20(25)21(27)19(12-26)30-23/h4-7,9-10,19-23,26-28H,3,8,12,25H2,1-2H3. The fourth-order valence-electron chi connectivity index (χ4n) is 3.83. The molecule has 1 aliphatic rings. The second kappa shape index (κ2) is 9.56. The van der Waals surface area contributed by atoms with Gasteiger partial charge in [-0.3, -0.25) is 0 Å². The van der Waals surface area contributed by atoms with Gasteiger partial charge in [-0.2, -0.15) is 5.26 Å². The van der Waals surface area contributed by atoms with Gasteiger partial charge in [0.2, 0.25) is 0 Å². The molecule has 7 heteroatoms. The third-order valence-electron chi connectivity index (χ3n) is 5.67. The first-order valence-corrected chi connectivity index (χ1v) is 10.00. The molecule has 5 unspecified atom stereocenters. The van der Waals surface area contributed by atoms with E-state index in [2.05, 4.69) is 25.1 Å². The molecule has 2 aromatic carbocycles. The van der Waals surface area contributed by atoms with E-state index in [0.717, 1.165) is 17.5 Å². The first-order chi connectivity index (χ1) is 14.4. The van der Waals surface area contributed by atoms with Gasteiger partial charge in [0.15, 0.2) is 0 Å². The summed E-state index contributed by atoms with van der Waals surface area (Å²) in [6.07, 6.45) is -2.71. The zero-order valence-corrected chi connectivity index (χ0v) is 17.2. The Morgan fingerprint density at radius 1 is 1.13 bits per heavy atom. The molecule has 0 aliphatic carbocycles. The summed E-state index contributed by atoms with van der Waals surface area (Å²) in [6.45, 7) is 1.66. The van der Waals surface area contributed by atoms with Crippen LogP contribution in [0.15, 0.2) is 36.4 Å². The number of ether oxygens (including phenoxy) is 2. The molecule has 0 aromatic heterocycles. The molecule has 1 saturated heterocycles. The first kappa shape index (κ1) is 22.2. The molecule has 2 aromatic rings. The minimum absolute atomic E-state index is 0.367. The van der Waals surface area contributed by atoms with Crippen molar-refractivity contribution < 1.29 is 24.8 Å². The van der Waals surface area contributed by atoms with Crippen molar-refractivity contribution in [1.82, 2.24) is 0 Å². The second-order valence-corrected chi connectivity index (χ2v) is 7.55. The maximum Gasteiger partial charge on any atom is 0.137 e.